The number of amides is 1. The smallest absolute Gasteiger partial charge is 0.408 e. The molecule has 1 aliphatic rings. The van der Waals surface area contributed by atoms with Gasteiger partial charge in [0.25, 0.3) is 0 Å². The maximum Gasteiger partial charge on any atom is 0.417 e. The number of aromatic nitrogens is 1. The summed E-state index contributed by atoms with van der Waals surface area (Å²) in [4.78, 5) is 25.4. The molecule has 1 aliphatic carbocycles. The Labute approximate surface area is 109 Å². The second kappa shape index (κ2) is 4.55. The van der Waals surface area contributed by atoms with Crippen molar-refractivity contribution >= 4 is 17.0 Å². The fourth-order valence-electron chi connectivity index (χ4n) is 2.32. The molecular weight excluding hydrogens is 246 g/mol. The highest BCUT2D eigenvalue weighted by Crippen LogP contribution is 2.25. The zero-order valence-corrected chi connectivity index (χ0v) is 10.3. The minimum Gasteiger partial charge on any atom is -0.408 e. The second-order valence-corrected chi connectivity index (χ2v) is 4.99. The topological polar surface area (TPSA) is 101 Å². The molecular formula is C13H15N3O3. The summed E-state index contributed by atoms with van der Waals surface area (Å²) in [6.07, 6.45) is 1.53. The number of carbonyl (C=O) groups excluding carboxylic acids is 1. The quantitative estimate of drug-likeness (QED) is 0.747. The highest BCUT2D eigenvalue weighted by atomic mass is 16.4. The van der Waals surface area contributed by atoms with Crippen molar-refractivity contribution in [1.29, 1.82) is 0 Å². The first-order valence-corrected chi connectivity index (χ1v) is 6.27. The van der Waals surface area contributed by atoms with Gasteiger partial charge in [0.2, 0.25) is 5.91 Å². The fraction of sp³-hybridized carbons (Fsp3) is 0.385. The van der Waals surface area contributed by atoms with E-state index < -0.39 is 5.76 Å². The van der Waals surface area contributed by atoms with Crippen molar-refractivity contribution in [3.63, 3.8) is 0 Å². The third-order valence-corrected chi connectivity index (χ3v) is 3.50. The first-order valence-electron chi connectivity index (χ1n) is 6.27. The highest BCUT2D eigenvalue weighted by Gasteiger charge is 2.31. The van der Waals surface area contributed by atoms with Crippen LogP contribution in [0.2, 0.25) is 0 Å². The van der Waals surface area contributed by atoms with Crippen LogP contribution in [0.3, 0.4) is 0 Å². The van der Waals surface area contributed by atoms with E-state index in [1.807, 2.05) is 6.07 Å². The summed E-state index contributed by atoms with van der Waals surface area (Å²) in [5.41, 5.74) is 7.73. The van der Waals surface area contributed by atoms with Crippen LogP contribution in [0.5, 0.6) is 0 Å². The van der Waals surface area contributed by atoms with Crippen LogP contribution in [0.25, 0.3) is 11.1 Å². The molecule has 1 amide bonds. The SMILES string of the molecule is NC1CC(C(=O)NCc2ccc3oc(=O)[nH]c3c2)C1. The van der Waals surface area contributed by atoms with Crippen LogP contribution in [0.1, 0.15) is 18.4 Å². The number of oxazole rings is 1. The van der Waals surface area contributed by atoms with Gasteiger partial charge >= 0.3 is 5.76 Å². The molecule has 1 heterocycles. The number of aromatic amines is 1. The van der Waals surface area contributed by atoms with Crippen LogP contribution in [0, 0.1) is 5.92 Å². The van der Waals surface area contributed by atoms with Crippen molar-refractivity contribution in [3.05, 3.63) is 34.3 Å². The number of nitrogens with one attached hydrogen (secondary N) is 2. The van der Waals surface area contributed by atoms with Crippen LogP contribution in [0.4, 0.5) is 0 Å². The lowest BCUT2D eigenvalue weighted by Crippen LogP contribution is -2.44. The summed E-state index contributed by atoms with van der Waals surface area (Å²) in [6.45, 7) is 0.438. The van der Waals surface area contributed by atoms with Gasteiger partial charge in [-0.3, -0.25) is 9.78 Å². The molecule has 1 fully saturated rings. The Balaban J connectivity index is 1.64. The molecule has 3 rings (SSSR count). The molecule has 0 radical (unpaired) electrons. The molecule has 0 bridgehead atoms. The third kappa shape index (κ3) is 2.39. The Kier molecular flexibility index (Phi) is 2.87. The fourth-order valence-corrected chi connectivity index (χ4v) is 2.32. The number of benzene rings is 1. The van der Waals surface area contributed by atoms with E-state index in [-0.39, 0.29) is 17.9 Å². The van der Waals surface area contributed by atoms with Crippen molar-refractivity contribution in [2.75, 3.05) is 0 Å². The predicted molar refractivity (Wildman–Crippen MR) is 69.4 cm³/mol. The zero-order chi connectivity index (χ0) is 13.4. The molecule has 0 saturated heterocycles. The Morgan fingerprint density at radius 3 is 3.00 bits per heavy atom. The second-order valence-electron chi connectivity index (χ2n) is 4.99. The molecule has 19 heavy (non-hydrogen) atoms. The first-order chi connectivity index (χ1) is 9.11. The van der Waals surface area contributed by atoms with Crippen LogP contribution >= 0.6 is 0 Å². The lowest BCUT2D eigenvalue weighted by molar-refractivity contribution is -0.128. The standard InChI is InChI=1S/C13H15N3O3/c14-9-4-8(5-9)12(17)15-6-7-1-2-11-10(3-7)16-13(18)19-11/h1-3,8-9H,4-6,14H2,(H,15,17)(H,16,18). The number of hydrogen-bond donors (Lipinski definition) is 3. The van der Waals surface area contributed by atoms with Crippen molar-refractivity contribution in [3.8, 4) is 0 Å². The lowest BCUT2D eigenvalue weighted by atomic mass is 9.80. The Morgan fingerprint density at radius 1 is 1.47 bits per heavy atom. The van der Waals surface area contributed by atoms with Gasteiger partial charge in [0.05, 0.1) is 5.52 Å². The van der Waals surface area contributed by atoms with Crippen LogP contribution < -0.4 is 16.8 Å². The maximum atomic E-state index is 11.8. The number of fused-ring (bicyclic) bond motifs is 1. The van der Waals surface area contributed by atoms with Gasteiger partial charge < -0.3 is 15.5 Å². The Morgan fingerprint density at radius 2 is 2.26 bits per heavy atom. The summed E-state index contributed by atoms with van der Waals surface area (Å²) >= 11 is 0. The van der Waals surface area contributed by atoms with E-state index in [0.717, 1.165) is 18.4 Å². The maximum absolute atomic E-state index is 11.8. The van der Waals surface area contributed by atoms with Gasteiger partial charge in [-0.05, 0) is 30.5 Å². The van der Waals surface area contributed by atoms with Gasteiger partial charge in [0.15, 0.2) is 5.58 Å². The van der Waals surface area contributed by atoms with E-state index in [1.54, 1.807) is 12.1 Å². The van der Waals surface area contributed by atoms with Crippen LogP contribution in [-0.2, 0) is 11.3 Å². The molecule has 6 nitrogen and oxygen atoms in total. The summed E-state index contributed by atoms with van der Waals surface area (Å²) in [5.74, 6) is -0.380. The molecule has 0 unspecified atom stereocenters. The predicted octanol–water partition coefficient (Wildman–Crippen LogP) is 0.475. The molecule has 1 saturated carbocycles. The third-order valence-electron chi connectivity index (χ3n) is 3.50. The minimum absolute atomic E-state index is 0.0440. The summed E-state index contributed by atoms with van der Waals surface area (Å²) in [6, 6.07) is 5.51. The van der Waals surface area contributed by atoms with Crippen molar-refractivity contribution < 1.29 is 9.21 Å². The van der Waals surface area contributed by atoms with Crippen molar-refractivity contribution in [2.45, 2.75) is 25.4 Å². The molecule has 1 aromatic heterocycles. The molecule has 1 aromatic carbocycles. The average molecular weight is 261 g/mol. The van der Waals surface area contributed by atoms with Crippen molar-refractivity contribution in [2.24, 2.45) is 11.7 Å². The van der Waals surface area contributed by atoms with E-state index in [2.05, 4.69) is 10.3 Å². The van der Waals surface area contributed by atoms with E-state index in [0.29, 0.717) is 17.6 Å². The van der Waals surface area contributed by atoms with E-state index in [9.17, 15) is 9.59 Å². The number of hydrogen-bond acceptors (Lipinski definition) is 4. The van der Waals surface area contributed by atoms with Gasteiger partial charge in [0.1, 0.15) is 0 Å². The summed E-state index contributed by atoms with van der Waals surface area (Å²) in [7, 11) is 0. The molecule has 6 heteroatoms. The summed E-state index contributed by atoms with van der Waals surface area (Å²) in [5, 5.41) is 2.88. The molecule has 0 atom stereocenters. The van der Waals surface area contributed by atoms with Gasteiger partial charge in [0, 0.05) is 18.5 Å². The number of carbonyl (C=O) groups is 1. The molecule has 100 valence electrons. The van der Waals surface area contributed by atoms with Gasteiger partial charge in [-0.1, -0.05) is 6.07 Å². The van der Waals surface area contributed by atoms with Gasteiger partial charge in [-0.15, -0.1) is 0 Å². The normalized spacial score (nSPS) is 22.2. The zero-order valence-electron chi connectivity index (χ0n) is 10.3. The average Bonchev–Trinajstić information content (AvgIpc) is 2.71. The van der Waals surface area contributed by atoms with Gasteiger partial charge in [-0.25, -0.2) is 4.79 Å². The van der Waals surface area contributed by atoms with E-state index in [1.165, 1.54) is 0 Å². The first kappa shape index (κ1) is 12.0. The molecule has 0 aliphatic heterocycles. The molecule has 0 spiro atoms. The lowest BCUT2D eigenvalue weighted by Gasteiger charge is -2.31. The van der Waals surface area contributed by atoms with E-state index in [4.69, 9.17) is 10.2 Å². The number of nitrogens with two attached hydrogens (primary N) is 1. The van der Waals surface area contributed by atoms with Crippen molar-refractivity contribution in [1.82, 2.24) is 10.3 Å². The Bertz CT molecular complexity index is 667. The minimum atomic E-state index is -0.473. The molecule has 2 aromatic rings. The monoisotopic (exact) mass is 261 g/mol. The van der Waals surface area contributed by atoms with E-state index >= 15 is 0 Å². The van der Waals surface area contributed by atoms with Crippen LogP contribution in [0.15, 0.2) is 27.4 Å². The molecule has 4 N–H and O–H groups in total. The largest absolute Gasteiger partial charge is 0.417 e. The number of rotatable bonds is 3. The van der Waals surface area contributed by atoms with Crippen LogP contribution in [-0.4, -0.2) is 16.9 Å². The summed E-state index contributed by atoms with van der Waals surface area (Å²) < 4.78 is 4.91. The Hall–Kier alpha value is -2.08. The number of H-pyrrole nitrogens is 1. The van der Waals surface area contributed by atoms with Gasteiger partial charge in [-0.2, -0.15) is 0 Å². The highest BCUT2D eigenvalue weighted by molar-refractivity contribution is 5.80.